The molecule has 5 heteroatoms. The van der Waals surface area contributed by atoms with E-state index in [0.29, 0.717) is 0 Å². The van der Waals surface area contributed by atoms with Gasteiger partial charge in [-0.2, -0.15) is 6.08 Å². The van der Waals surface area contributed by atoms with Crippen LogP contribution in [-0.4, -0.2) is 3.21 Å². The van der Waals surface area contributed by atoms with Gasteiger partial charge in [-0.15, -0.1) is 71.0 Å². The molecule has 5 aromatic rings. The first-order valence-corrected chi connectivity index (χ1v) is 17.1. The summed E-state index contributed by atoms with van der Waals surface area (Å²) in [6, 6.07) is 33.0. The van der Waals surface area contributed by atoms with Crippen molar-refractivity contribution in [2.45, 2.75) is 58.8 Å². The molecule has 0 amide bonds. The van der Waals surface area contributed by atoms with Crippen LogP contribution in [0.3, 0.4) is 0 Å². The maximum Gasteiger partial charge on any atom is -0.0145 e. The first-order valence-electron chi connectivity index (χ1n) is 14.3. The van der Waals surface area contributed by atoms with Gasteiger partial charge in [0.25, 0.3) is 0 Å². The van der Waals surface area contributed by atoms with Gasteiger partial charge < -0.3 is 0 Å². The Bertz CT molecular complexity index is 1640. The van der Waals surface area contributed by atoms with Crippen molar-refractivity contribution >= 4 is 81.4 Å². The number of rotatable bonds is 2. The maximum atomic E-state index is 3.50. The number of hydrogen-bond donors (Lipinski definition) is 0. The molecule has 6 rings (SSSR count). The summed E-state index contributed by atoms with van der Waals surface area (Å²) in [5.74, 6) is 0. The van der Waals surface area contributed by atoms with Crippen LogP contribution >= 0.6 is 56.7 Å². The van der Waals surface area contributed by atoms with Crippen molar-refractivity contribution in [3.63, 3.8) is 0 Å². The van der Waals surface area contributed by atoms with Crippen molar-refractivity contribution in [1.29, 1.82) is 0 Å². The van der Waals surface area contributed by atoms with Crippen molar-refractivity contribution in [1.82, 2.24) is 0 Å². The minimum atomic E-state index is 0. The molecule has 0 bridgehead atoms. The fourth-order valence-corrected chi connectivity index (χ4v) is 6.29. The zero-order valence-corrected chi connectivity index (χ0v) is 33.4. The Morgan fingerprint density at radius 2 is 1.14 bits per heavy atom. The Labute approximate surface area is 308 Å². The van der Waals surface area contributed by atoms with E-state index >= 15 is 0 Å². The van der Waals surface area contributed by atoms with Crippen LogP contribution in [0.25, 0.3) is 21.5 Å². The van der Waals surface area contributed by atoms with Crippen LogP contribution < -0.4 is 0 Å². The fourth-order valence-electron chi connectivity index (χ4n) is 4.73. The molecule has 0 aromatic heterocycles. The smallest absolute Gasteiger partial charge is 0.0145 e. The predicted molar refractivity (Wildman–Crippen MR) is 202 cm³/mol. The van der Waals surface area contributed by atoms with Gasteiger partial charge in [0.15, 0.2) is 0 Å². The standard InChI is InChI=1S/C21H25.C13H8Br2.C5H5.2ClH.Zr/c1-20(2,3)16-9-7-14-11-15-8-10-17(21(4,5)6)13-19(15)18(14)12-16;14-12-5-1-3-10(8-12)7-11-4-2-6-13(15)9-11;1-2-4-5-3-1;;;/h7-13H,1-6H3;1-6,8-9H;1-3H,4H2;2*1H;/q-1;;-1;;;+2. The number of benzene rings is 4. The van der Waals surface area contributed by atoms with Crippen LogP contribution in [-0.2, 0) is 35.1 Å². The normalized spacial score (nSPS) is 12.0. The van der Waals surface area contributed by atoms with Crippen molar-refractivity contribution in [2.75, 3.05) is 0 Å². The third-order valence-electron chi connectivity index (χ3n) is 7.25. The van der Waals surface area contributed by atoms with Crippen LogP contribution in [0.2, 0.25) is 0 Å². The van der Waals surface area contributed by atoms with E-state index in [1.807, 2.05) is 24.3 Å². The van der Waals surface area contributed by atoms with Gasteiger partial charge in [0.1, 0.15) is 0 Å². The van der Waals surface area contributed by atoms with Crippen LogP contribution in [0.4, 0.5) is 0 Å². The average molecular weight is 831 g/mol. The van der Waals surface area contributed by atoms with E-state index in [1.54, 1.807) is 0 Å². The SMILES string of the molecule is Brc1cccc([C](=[Zr+2])c2cccc(Br)c2)c1.CC(C)(C)c1ccc2[cH-]c3ccc(C(C)(C)C)cc3c2c1.Cl.Cl.[C-]1=CC=CC1. The summed E-state index contributed by atoms with van der Waals surface area (Å²) in [5, 5.41) is 5.49. The van der Waals surface area contributed by atoms with Gasteiger partial charge in [0.2, 0.25) is 0 Å². The molecule has 1 aliphatic carbocycles. The van der Waals surface area contributed by atoms with E-state index in [1.165, 1.54) is 71.2 Å². The summed E-state index contributed by atoms with van der Waals surface area (Å²) < 4.78 is 3.62. The summed E-state index contributed by atoms with van der Waals surface area (Å²) in [6.45, 7) is 13.7. The maximum absolute atomic E-state index is 3.50. The summed E-state index contributed by atoms with van der Waals surface area (Å²) in [6.07, 6.45) is 10.0. The third kappa shape index (κ3) is 10.5. The van der Waals surface area contributed by atoms with Crippen molar-refractivity contribution in [3.8, 4) is 0 Å². The van der Waals surface area contributed by atoms with Gasteiger partial charge in [-0.1, -0.05) is 76.9 Å². The third-order valence-corrected chi connectivity index (χ3v) is 9.66. The Morgan fingerprint density at radius 1 is 0.682 bits per heavy atom. The van der Waals surface area contributed by atoms with E-state index in [-0.39, 0.29) is 35.6 Å². The molecule has 0 unspecified atom stereocenters. The van der Waals surface area contributed by atoms with Crippen molar-refractivity contribution in [3.05, 3.63) is 146 Å². The zero-order chi connectivity index (χ0) is 30.5. The van der Waals surface area contributed by atoms with Gasteiger partial charge in [-0.3, -0.25) is 6.08 Å². The van der Waals surface area contributed by atoms with E-state index in [4.69, 9.17) is 0 Å². The summed E-state index contributed by atoms with van der Waals surface area (Å²) in [7, 11) is 0. The van der Waals surface area contributed by atoms with E-state index in [2.05, 4.69) is 164 Å². The first-order chi connectivity index (χ1) is 19.8. The summed E-state index contributed by atoms with van der Waals surface area (Å²) >= 11 is 8.43. The van der Waals surface area contributed by atoms with Gasteiger partial charge in [0, 0.05) is 0 Å². The molecule has 1 aliphatic rings. The first kappa shape index (κ1) is 38.7. The minimum absolute atomic E-state index is 0. The monoisotopic (exact) mass is 826 g/mol. The molecule has 228 valence electrons. The van der Waals surface area contributed by atoms with E-state index in [0.717, 1.165) is 15.4 Å². The Hall–Kier alpha value is -1.48. The van der Waals surface area contributed by atoms with Crippen LogP contribution in [0.1, 0.15) is 70.2 Å². The molecular formula is C39H40Br2Cl2Zr. The number of hydrogen-bond acceptors (Lipinski definition) is 0. The molecule has 0 atom stereocenters. The van der Waals surface area contributed by atoms with Gasteiger partial charge >= 0.3 is 128 Å². The molecule has 0 saturated carbocycles. The van der Waals surface area contributed by atoms with Gasteiger partial charge in [-0.05, 0) is 10.8 Å². The Morgan fingerprint density at radius 3 is 1.45 bits per heavy atom. The number of halogens is 4. The van der Waals surface area contributed by atoms with Crippen LogP contribution in [0.5, 0.6) is 0 Å². The molecule has 0 heterocycles. The van der Waals surface area contributed by atoms with Crippen molar-refractivity contribution in [2.24, 2.45) is 0 Å². The second-order valence-corrected chi connectivity index (χ2v) is 15.7. The van der Waals surface area contributed by atoms with Gasteiger partial charge in [-0.25, -0.2) is 12.2 Å². The Kier molecular flexibility index (Phi) is 14.9. The largest absolute Gasteiger partial charge is 0.273 e. The molecule has 0 aliphatic heterocycles. The molecule has 0 N–H and O–H groups in total. The second-order valence-electron chi connectivity index (χ2n) is 12.6. The molecule has 0 radical (unpaired) electrons. The zero-order valence-electron chi connectivity index (χ0n) is 26.2. The minimum Gasteiger partial charge on any atom is -0.273 e. The average Bonchev–Trinajstić information content (AvgIpc) is 3.63. The van der Waals surface area contributed by atoms with Gasteiger partial charge in [0.05, 0.1) is 0 Å². The number of fused-ring (bicyclic) bond motifs is 3. The Balaban J connectivity index is 0.000000260. The van der Waals surface area contributed by atoms with E-state index in [9.17, 15) is 0 Å². The van der Waals surface area contributed by atoms with Crippen molar-refractivity contribution < 1.29 is 24.2 Å². The topological polar surface area (TPSA) is 0 Å². The summed E-state index contributed by atoms with van der Waals surface area (Å²) in [4.78, 5) is 0. The molecule has 0 nitrogen and oxygen atoms in total. The quantitative estimate of drug-likeness (QED) is 0.156. The summed E-state index contributed by atoms with van der Waals surface area (Å²) in [5.41, 5.74) is 5.77. The predicted octanol–water partition coefficient (Wildman–Crippen LogP) is 12.8. The molecule has 0 fully saturated rings. The fraction of sp³-hybridized carbons (Fsp3) is 0.231. The van der Waals surface area contributed by atoms with Crippen LogP contribution in [0.15, 0.2) is 118 Å². The number of allylic oxidation sites excluding steroid dienone is 4. The molecule has 5 aromatic carbocycles. The van der Waals surface area contributed by atoms with E-state index < -0.39 is 0 Å². The van der Waals surface area contributed by atoms with Crippen LogP contribution in [0, 0.1) is 6.08 Å². The molecule has 0 saturated heterocycles. The second kappa shape index (κ2) is 16.9. The molecule has 0 spiro atoms. The molecule has 44 heavy (non-hydrogen) atoms. The molecular weight excluding hydrogens is 790 g/mol.